The fourth-order valence-electron chi connectivity index (χ4n) is 2.34. The first-order chi connectivity index (χ1) is 9.85. The third-order valence-electron chi connectivity index (χ3n) is 3.40. The molecule has 0 atom stereocenters. The van der Waals surface area contributed by atoms with Crippen LogP contribution in [0.2, 0.25) is 0 Å². The Bertz CT molecular complexity index is 543. The molecule has 1 saturated heterocycles. The van der Waals surface area contributed by atoms with E-state index in [1.54, 1.807) is 22.7 Å². The van der Waals surface area contributed by atoms with Crippen LogP contribution in [0.5, 0.6) is 0 Å². The molecule has 0 aromatic carbocycles. The SMILES string of the molecule is CCCNc1nc(-c2csc(CN3CCCC3)n2)cs1. The maximum atomic E-state index is 4.73. The highest BCUT2D eigenvalue weighted by Crippen LogP contribution is 2.27. The zero-order valence-corrected chi connectivity index (χ0v) is 13.4. The molecule has 20 heavy (non-hydrogen) atoms. The van der Waals surface area contributed by atoms with Crippen molar-refractivity contribution in [2.45, 2.75) is 32.7 Å². The maximum Gasteiger partial charge on any atom is 0.183 e. The van der Waals surface area contributed by atoms with Crippen molar-refractivity contribution in [1.82, 2.24) is 14.9 Å². The van der Waals surface area contributed by atoms with Crippen molar-refractivity contribution in [2.75, 3.05) is 25.0 Å². The fourth-order valence-corrected chi connectivity index (χ4v) is 3.90. The van der Waals surface area contributed by atoms with Gasteiger partial charge in [0.05, 0.1) is 6.54 Å². The topological polar surface area (TPSA) is 41.1 Å². The molecular weight excluding hydrogens is 288 g/mol. The van der Waals surface area contributed by atoms with E-state index in [9.17, 15) is 0 Å². The van der Waals surface area contributed by atoms with Gasteiger partial charge in [0.25, 0.3) is 0 Å². The number of thiazole rings is 2. The van der Waals surface area contributed by atoms with Gasteiger partial charge in [-0.25, -0.2) is 9.97 Å². The number of hydrogen-bond donors (Lipinski definition) is 1. The molecule has 0 amide bonds. The minimum Gasteiger partial charge on any atom is -0.362 e. The number of aromatic nitrogens is 2. The van der Waals surface area contributed by atoms with Crippen LogP contribution in [0.4, 0.5) is 5.13 Å². The van der Waals surface area contributed by atoms with E-state index in [2.05, 4.69) is 32.9 Å². The van der Waals surface area contributed by atoms with Crippen LogP contribution < -0.4 is 5.32 Å². The summed E-state index contributed by atoms with van der Waals surface area (Å²) in [5.74, 6) is 0. The molecule has 0 radical (unpaired) electrons. The van der Waals surface area contributed by atoms with Gasteiger partial charge in [0.15, 0.2) is 5.13 Å². The highest BCUT2D eigenvalue weighted by molar-refractivity contribution is 7.14. The molecule has 0 saturated carbocycles. The number of rotatable bonds is 6. The summed E-state index contributed by atoms with van der Waals surface area (Å²) < 4.78 is 0. The maximum absolute atomic E-state index is 4.73. The van der Waals surface area contributed by atoms with Crippen molar-refractivity contribution in [1.29, 1.82) is 0 Å². The fraction of sp³-hybridized carbons (Fsp3) is 0.571. The molecule has 1 aliphatic rings. The summed E-state index contributed by atoms with van der Waals surface area (Å²) in [6, 6.07) is 0. The van der Waals surface area contributed by atoms with E-state index in [-0.39, 0.29) is 0 Å². The number of hydrogen-bond acceptors (Lipinski definition) is 6. The Labute approximate surface area is 127 Å². The van der Waals surface area contributed by atoms with Gasteiger partial charge >= 0.3 is 0 Å². The minimum atomic E-state index is 0.976. The Hall–Kier alpha value is -0.980. The van der Waals surface area contributed by atoms with E-state index in [0.717, 1.165) is 36.0 Å². The van der Waals surface area contributed by atoms with Crippen LogP contribution in [0.15, 0.2) is 10.8 Å². The second-order valence-electron chi connectivity index (χ2n) is 5.07. The predicted octanol–water partition coefficient (Wildman–Crippen LogP) is 3.68. The molecule has 4 nitrogen and oxygen atoms in total. The third kappa shape index (κ3) is 3.37. The van der Waals surface area contributed by atoms with Gasteiger partial charge in [0, 0.05) is 17.3 Å². The molecule has 2 aromatic rings. The van der Waals surface area contributed by atoms with Crippen LogP contribution in [-0.2, 0) is 6.54 Å². The Balaban J connectivity index is 1.64. The predicted molar refractivity (Wildman–Crippen MR) is 86.5 cm³/mol. The molecule has 1 fully saturated rings. The van der Waals surface area contributed by atoms with Gasteiger partial charge in [0.1, 0.15) is 16.4 Å². The summed E-state index contributed by atoms with van der Waals surface area (Å²) in [4.78, 5) is 11.8. The van der Waals surface area contributed by atoms with Crippen molar-refractivity contribution in [3.63, 3.8) is 0 Å². The van der Waals surface area contributed by atoms with Gasteiger partial charge in [-0.2, -0.15) is 0 Å². The van der Waals surface area contributed by atoms with Crippen molar-refractivity contribution in [3.05, 3.63) is 15.8 Å². The van der Waals surface area contributed by atoms with Gasteiger partial charge in [0.2, 0.25) is 0 Å². The summed E-state index contributed by atoms with van der Waals surface area (Å²) in [6.45, 7) is 6.57. The highest BCUT2D eigenvalue weighted by atomic mass is 32.1. The smallest absolute Gasteiger partial charge is 0.183 e. The quantitative estimate of drug-likeness (QED) is 0.884. The van der Waals surface area contributed by atoms with Crippen LogP contribution in [0.1, 0.15) is 31.2 Å². The van der Waals surface area contributed by atoms with E-state index in [1.807, 2.05) is 0 Å². The van der Waals surface area contributed by atoms with Crippen molar-refractivity contribution in [2.24, 2.45) is 0 Å². The Morgan fingerprint density at radius 1 is 1.15 bits per heavy atom. The summed E-state index contributed by atoms with van der Waals surface area (Å²) >= 11 is 3.41. The lowest BCUT2D eigenvalue weighted by atomic mass is 10.4. The van der Waals surface area contributed by atoms with Gasteiger partial charge in [-0.3, -0.25) is 4.90 Å². The number of nitrogens with zero attached hydrogens (tertiary/aromatic N) is 3. The van der Waals surface area contributed by atoms with Crippen LogP contribution >= 0.6 is 22.7 Å². The van der Waals surface area contributed by atoms with Crippen molar-refractivity contribution in [3.8, 4) is 11.4 Å². The van der Waals surface area contributed by atoms with Gasteiger partial charge in [-0.05, 0) is 32.4 Å². The van der Waals surface area contributed by atoms with Gasteiger partial charge in [-0.15, -0.1) is 22.7 Å². The Morgan fingerprint density at radius 3 is 2.70 bits per heavy atom. The summed E-state index contributed by atoms with van der Waals surface area (Å²) in [5.41, 5.74) is 2.02. The van der Waals surface area contributed by atoms with E-state index < -0.39 is 0 Å². The lowest BCUT2D eigenvalue weighted by Gasteiger charge is -2.11. The molecule has 108 valence electrons. The van der Waals surface area contributed by atoms with Crippen LogP contribution in [-0.4, -0.2) is 34.5 Å². The summed E-state index contributed by atoms with van der Waals surface area (Å²) in [7, 11) is 0. The average Bonchev–Trinajstić information content (AvgIpc) is 3.18. The zero-order chi connectivity index (χ0) is 13.8. The molecule has 0 spiro atoms. The molecule has 1 N–H and O–H groups in total. The molecular formula is C14H20N4S2. The Kier molecular flexibility index (Phi) is 4.65. The second-order valence-corrected chi connectivity index (χ2v) is 6.88. The first-order valence-electron chi connectivity index (χ1n) is 7.21. The monoisotopic (exact) mass is 308 g/mol. The van der Waals surface area contributed by atoms with E-state index in [0.29, 0.717) is 0 Å². The standard InChI is InChI=1S/C14H20N4S2/c1-2-5-15-14-17-12(10-20-14)11-9-19-13(16-11)8-18-6-3-4-7-18/h9-10H,2-8H2,1H3,(H,15,17). The van der Waals surface area contributed by atoms with Gasteiger partial charge < -0.3 is 5.32 Å². The van der Waals surface area contributed by atoms with E-state index in [4.69, 9.17) is 4.98 Å². The van der Waals surface area contributed by atoms with Crippen LogP contribution in [0.25, 0.3) is 11.4 Å². The molecule has 3 heterocycles. The molecule has 0 aliphatic carbocycles. The molecule has 6 heteroatoms. The van der Waals surface area contributed by atoms with E-state index in [1.165, 1.54) is 30.9 Å². The first kappa shape index (κ1) is 14.0. The molecule has 0 unspecified atom stereocenters. The summed E-state index contributed by atoms with van der Waals surface area (Å²) in [6.07, 6.45) is 3.78. The lowest BCUT2D eigenvalue weighted by Crippen LogP contribution is -2.18. The van der Waals surface area contributed by atoms with Crippen molar-refractivity contribution < 1.29 is 0 Å². The van der Waals surface area contributed by atoms with Gasteiger partial charge in [-0.1, -0.05) is 6.92 Å². The molecule has 1 aliphatic heterocycles. The third-order valence-corrected chi connectivity index (χ3v) is 5.04. The summed E-state index contributed by atoms with van der Waals surface area (Å²) in [5, 5.41) is 9.75. The minimum absolute atomic E-state index is 0.976. The zero-order valence-electron chi connectivity index (χ0n) is 11.8. The normalized spacial score (nSPS) is 15.8. The van der Waals surface area contributed by atoms with Crippen molar-refractivity contribution >= 4 is 27.8 Å². The number of anilines is 1. The average molecular weight is 308 g/mol. The highest BCUT2D eigenvalue weighted by Gasteiger charge is 2.15. The number of likely N-dealkylation sites (tertiary alicyclic amines) is 1. The molecule has 0 bridgehead atoms. The first-order valence-corrected chi connectivity index (χ1v) is 8.97. The molecule has 2 aromatic heterocycles. The lowest BCUT2D eigenvalue weighted by molar-refractivity contribution is 0.331. The number of nitrogens with one attached hydrogen (secondary N) is 1. The second kappa shape index (κ2) is 6.65. The van der Waals surface area contributed by atoms with Crippen LogP contribution in [0.3, 0.4) is 0 Å². The Morgan fingerprint density at radius 2 is 1.90 bits per heavy atom. The molecule has 3 rings (SSSR count). The largest absolute Gasteiger partial charge is 0.362 e. The van der Waals surface area contributed by atoms with E-state index >= 15 is 0 Å². The van der Waals surface area contributed by atoms with Crippen LogP contribution in [0, 0.1) is 0 Å².